The maximum absolute atomic E-state index is 12.2. The van der Waals surface area contributed by atoms with Gasteiger partial charge in [0.05, 0.1) is 10.5 Å². The van der Waals surface area contributed by atoms with Gasteiger partial charge in [-0.25, -0.2) is 0 Å². The Balaban J connectivity index is 3.22. The first-order valence-corrected chi connectivity index (χ1v) is 4.02. The quantitative estimate of drug-likeness (QED) is 0.474. The van der Waals surface area contributed by atoms with Gasteiger partial charge in [-0.3, -0.25) is 10.1 Å². The molecule has 94 valence electrons. The zero-order valence-corrected chi connectivity index (χ0v) is 7.87. The van der Waals surface area contributed by atoms with Gasteiger partial charge in [-0.2, -0.15) is 22.0 Å². The summed E-state index contributed by atoms with van der Waals surface area (Å²) in [5.74, 6) is -0.919. The summed E-state index contributed by atoms with van der Waals surface area (Å²) in [6, 6.07) is 1.04. The molecule has 0 aliphatic carbocycles. The van der Waals surface area contributed by atoms with Crippen molar-refractivity contribution in [3.63, 3.8) is 0 Å². The Morgan fingerprint density at radius 3 is 2.29 bits per heavy atom. The zero-order valence-electron chi connectivity index (χ0n) is 7.87. The third-order valence-corrected chi connectivity index (χ3v) is 1.70. The highest BCUT2D eigenvalue weighted by atomic mass is 19.4. The van der Waals surface area contributed by atoms with Gasteiger partial charge in [0.1, 0.15) is 0 Å². The van der Waals surface area contributed by atoms with Crippen LogP contribution >= 0.6 is 0 Å². The lowest BCUT2D eigenvalue weighted by Gasteiger charge is -2.09. The van der Waals surface area contributed by atoms with Crippen LogP contribution in [0.3, 0.4) is 0 Å². The molecule has 4 nitrogen and oxygen atoms in total. The molecule has 0 saturated carbocycles. The number of hydrogen-bond donors (Lipinski definition) is 0. The van der Waals surface area contributed by atoms with Gasteiger partial charge in [0, 0.05) is 6.07 Å². The molecule has 9 heteroatoms. The first kappa shape index (κ1) is 13.1. The van der Waals surface area contributed by atoms with Crippen molar-refractivity contribution in [2.45, 2.75) is 12.8 Å². The van der Waals surface area contributed by atoms with Gasteiger partial charge in [0.15, 0.2) is 0 Å². The lowest BCUT2D eigenvalue weighted by Crippen LogP contribution is -2.08. The predicted octanol–water partition coefficient (Wildman–Crippen LogP) is 3.22. The molecule has 1 aromatic rings. The van der Waals surface area contributed by atoms with Crippen molar-refractivity contribution in [2.24, 2.45) is 0 Å². The maximum Gasteiger partial charge on any atom is 0.416 e. The van der Waals surface area contributed by atoms with E-state index in [0.717, 1.165) is 0 Å². The molecule has 0 radical (unpaired) electrons. The van der Waals surface area contributed by atoms with Gasteiger partial charge in [-0.15, -0.1) is 0 Å². The molecule has 0 unspecified atom stereocenters. The van der Waals surface area contributed by atoms with E-state index >= 15 is 0 Å². The van der Waals surface area contributed by atoms with Gasteiger partial charge in [0.2, 0.25) is 5.75 Å². The first-order chi connectivity index (χ1) is 7.71. The van der Waals surface area contributed by atoms with Crippen LogP contribution in [-0.2, 0) is 6.18 Å². The Morgan fingerprint density at radius 1 is 1.29 bits per heavy atom. The highest BCUT2D eigenvalue weighted by Gasteiger charge is 2.33. The first-order valence-electron chi connectivity index (χ1n) is 4.02. The second-order valence-corrected chi connectivity index (χ2v) is 2.82. The van der Waals surface area contributed by atoms with Crippen LogP contribution in [0.25, 0.3) is 0 Å². The van der Waals surface area contributed by atoms with Crippen LogP contribution in [0.5, 0.6) is 5.75 Å². The Hall–Kier alpha value is -1.93. The molecule has 0 N–H and O–H groups in total. The monoisotopic (exact) mass is 257 g/mol. The number of alkyl halides is 5. The van der Waals surface area contributed by atoms with Crippen molar-refractivity contribution in [3.8, 4) is 5.75 Å². The van der Waals surface area contributed by atoms with Gasteiger partial charge >= 0.3 is 18.5 Å². The van der Waals surface area contributed by atoms with Crippen molar-refractivity contribution in [2.75, 3.05) is 0 Å². The van der Waals surface area contributed by atoms with Gasteiger partial charge in [-0.05, 0) is 12.1 Å². The van der Waals surface area contributed by atoms with E-state index in [2.05, 4.69) is 4.74 Å². The number of nitrogens with zero attached hydrogens (tertiary/aromatic N) is 1. The SMILES string of the molecule is O=[N+]([O-])c1cc(C(F)(F)F)ccc1OC(F)F. The fourth-order valence-electron chi connectivity index (χ4n) is 1.03. The van der Waals surface area contributed by atoms with Crippen molar-refractivity contribution in [1.29, 1.82) is 0 Å². The largest absolute Gasteiger partial charge is 0.427 e. The molecule has 0 saturated heterocycles. The summed E-state index contributed by atoms with van der Waals surface area (Å²) in [5, 5.41) is 10.4. The standard InChI is InChI=1S/C8H4F5NO3/c9-7(10)17-6-2-1-4(8(11,12)13)3-5(6)14(15)16/h1-3,7H. The molecule has 1 aromatic carbocycles. The molecule has 0 amide bonds. The smallest absolute Gasteiger partial charge is 0.416 e. The molecule has 17 heavy (non-hydrogen) atoms. The molecule has 0 atom stereocenters. The predicted molar refractivity (Wildman–Crippen MR) is 44.7 cm³/mol. The van der Waals surface area contributed by atoms with Crippen LogP contribution in [0.4, 0.5) is 27.6 Å². The van der Waals surface area contributed by atoms with E-state index in [0.29, 0.717) is 12.1 Å². The molecule has 0 aliphatic rings. The summed E-state index contributed by atoms with van der Waals surface area (Å²) in [5.41, 5.74) is -2.48. The summed E-state index contributed by atoms with van der Waals surface area (Å²) < 4.78 is 64.0. The number of benzene rings is 1. The summed E-state index contributed by atoms with van der Waals surface area (Å²) in [7, 11) is 0. The molecule has 0 heterocycles. The summed E-state index contributed by atoms with van der Waals surface area (Å²) in [6.45, 7) is -3.36. The molecule has 0 bridgehead atoms. The van der Waals surface area contributed by atoms with Gasteiger partial charge < -0.3 is 4.74 Å². The van der Waals surface area contributed by atoms with Gasteiger partial charge in [0.25, 0.3) is 0 Å². The fourth-order valence-corrected chi connectivity index (χ4v) is 1.03. The van der Waals surface area contributed by atoms with E-state index in [-0.39, 0.29) is 6.07 Å². The second-order valence-electron chi connectivity index (χ2n) is 2.82. The van der Waals surface area contributed by atoms with E-state index in [1.807, 2.05) is 0 Å². The summed E-state index contributed by atoms with van der Waals surface area (Å²) >= 11 is 0. The Labute approximate surface area is 90.8 Å². The fraction of sp³-hybridized carbons (Fsp3) is 0.250. The molecule has 1 rings (SSSR count). The maximum atomic E-state index is 12.2. The second kappa shape index (κ2) is 4.52. The van der Waals surface area contributed by atoms with E-state index in [9.17, 15) is 32.1 Å². The van der Waals surface area contributed by atoms with Crippen LogP contribution in [-0.4, -0.2) is 11.5 Å². The average Bonchev–Trinajstić information content (AvgIpc) is 2.15. The van der Waals surface area contributed by atoms with E-state index < -0.39 is 34.7 Å². The van der Waals surface area contributed by atoms with Crippen LogP contribution in [0.2, 0.25) is 0 Å². The number of nitro groups is 1. The Morgan fingerprint density at radius 2 is 1.88 bits per heavy atom. The minimum atomic E-state index is -4.80. The van der Waals surface area contributed by atoms with Crippen LogP contribution < -0.4 is 4.74 Å². The van der Waals surface area contributed by atoms with Crippen molar-refractivity contribution in [3.05, 3.63) is 33.9 Å². The van der Waals surface area contributed by atoms with Crippen LogP contribution in [0.1, 0.15) is 5.56 Å². The van der Waals surface area contributed by atoms with E-state index in [4.69, 9.17) is 0 Å². The topological polar surface area (TPSA) is 52.4 Å². The molecule has 0 spiro atoms. The number of nitro benzene ring substituents is 1. The zero-order chi connectivity index (χ0) is 13.2. The third-order valence-electron chi connectivity index (χ3n) is 1.70. The number of ether oxygens (including phenoxy) is 1. The minimum absolute atomic E-state index is 0.137. The lowest BCUT2D eigenvalue weighted by atomic mass is 10.2. The molecular formula is C8H4F5NO3. The van der Waals surface area contributed by atoms with E-state index in [1.165, 1.54) is 0 Å². The molecular weight excluding hydrogens is 253 g/mol. The van der Waals surface area contributed by atoms with Crippen molar-refractivity contribution >= 4 is 5.69 Å². The van der Waals surface area contributed by atoms with Crippen LogP contribution in [0.15, 0.2) is 18.2 Å². The number of rotatable bonds is 3. The van der Waals surface area contributed by atoms with Crippen LogP contribution in [0, 0.1) is 10.1 Å². The van der Waals surface area contributed by atoms with Crippen molar-refractivity contribution < 1.29 is 31.6 Å². The van der Waals surface area contributed by atoms with Crippen molar-refractivity contribution in [1.82, 2.24) is 0 Å². The Bertz CT molecular complexity index is 432. The number of hydrogen-bond acceptors (Lipinski definition) is 3. The van der Waals surface area contributed by atoms with Gasteiger partial charge in [-0.1, -0.05) is 0 Å². The normalized spacial score (nSPS) is 11.6. The Kier molecular flexibility index (Phi) is 3.49. The number of halogens is 5. The average molecular weight is 257 g/mol. The minimum Gasteiger partial charge on any atom is -0.427 e. The molecule has 0 fully saturated rings. The summed E-state index contributed by atoms with van der Waals surface area (Å²) in [6.07, 6.45) is -4.80. The molecule has 0 aromatic heterocycles. The van der Waals surface area contributed by atoms with E-state index in [1.54, 1.807) is 0 Å². The molecule has 0 aliphatic heterocycles. The highest BCUT2D eigenvalue weighted by Crippen LogP contribution is 2.36. The third kappa shape index (κ3) is 3.26. The highest BCUT2D eigenvalue weighted by molar-refractivity contribution is 5.49. The lowest BCUT2D eigenvalue weighted by molar-refractivity contribution is -0.386. The summed E-state index contributed by atoms with van der Waals surface area (Å²) in [4.78, 5) is 9.17.